The van der Waals surface area contributed by atoms with Crippen LogP contribution in [0.4, 0.5) is 0 Å². The van der Waals surface area contributed by atoms with E-state index in [0.717, 1.165) is 0 Å². The second-order valence-electron chi connectivity index (χ2n) is 4.53. The average Bonchev–Trinajstić information content (AvgIpc) is 2.58. The van der Waals surface area contributed by atoms with E-state index in [9.17, 15) is 9.90 Å². The van der Waals surface area contributed by atoms with Crippen molar-refractivity contribution in [3.8, 4) is 11.6 Å². The number of aliphatic carboxylic acids is 1. The number of aromatic nitrogens is 1. The van der Waals surface area contributed by atoms with Gasteiger partial charge in [-0.2, -0.15) is 0 Å². The van der Waals surface area contributed by atoms with Crippen LogP contribution in [0, 0.1) is 0 Å². The summed E-state index contributed by atoms with van der Waals surface area (Å²) in [4.78, 5) is 15.5. The molecule has 2 aromatic rings. The van der Waals surface area contributed by atoms with E-state index in [1.807, 2.05) is 6.07 Å². The molecular weight excluding hydrogens is 298 g/mol. The molecule has 1 heterocycles. The number of nitrogens with zero attached hydrogens (tertiary/aromatic N) is 1. The van der Waals surface area contributed by atoms with Crippen molar-refractivity contribution >= 4 is 11.5 Å². The summed E-state index contributed by atoms with van der Waals surface area (Å²) < 4.78 is 15.7. The summed E-state index contributed by atoms with van der Waals surface area (Å²) in [6, 6.07) is 10.5. The maximum Gasteiger partial charge on any atom is 0.339 e. The predicted molar refractivity (Wildman–Crippen MR) is 84.2 cm³/mol. The molecule has 0 aliphatic heterocycles. The topological polar surface area (TPSA) is 77.9 Å². The smallest absolute Gasteiger partial charge is 0.339 e. The quantitative estimate of drug-likeness (QED) is 0.625. The zero-order valence-corrected chi connectivity index (χ0v) is 12.9. The van der Waals surface area contributed by atoms with Gasteiger partial charge >= 0.3 is 5.97 Å². The standard InChI is InChI=1S/C17H17NO5/c1-21-11-14(17(19)20)13-7-4-3-6-12(13)10-23-16-15(22-2)8-5-9-18-16/h3-9,11H,10H2,1-2H3,(H,19,20)/b14-11+. The Morgan fingerprint density at radius 1 is 1.22 bits per heavy atom. The molecule has 23 heavy (non-hydrogen) atoms. The highest BCUT2D eigenvalue weighted by atomic mass is 16.5. The van der Waals surface area contributed by atoms with Gasteiger partial charge in [-0.15, -0.1) is 0 Å². The normalized spacial score (nSPS) is 11.0. The molecule has 1 aromatic heterocycles. The van der Waals surface area contributed by atoms with Gasteiger partial charge in [0, 0.05) is 6.20 Å². The van der Waals surface area contributed by atoms with Crippen molar-refractivity contribution in [2.45, 2.75) is 6.61 Å². The summed E-state index contributed by atoms with van der Waals surface area (Å²) in [5.41, 5.74) is 1.28. The van der Waals surface area contributed by atoms with Gasteiger partial charge in [0.25, 0.3) is 5.88 Å². The van der Waals surface area contributed by atoms with Gasteiger partial charge in [-0.25, -0.2) is 9.78 Å². The lowest BCUT2D eigenvalue weighted by Crippen LogP contribution is -2.06. The van der Waals surface area contributed by atoms with Crippen LogP contribution in [0.3, 0.4) is 0 Å². The Labute approximate surface area is 134 Å². The summed E-state index contributed by atoms with van der Waals surface area (Å²) in [6.45, 7) is 0.151. The van der Waals surface area contributed by atoms with Crippen molar-refractivity contribution < 1.29 is 24.1 Å². The van der Waals surface area contributed by atoms with Crippen LogP contribution in [0.15, 0.2) is 48.9 Å². The van der Waals surface area contributed by atoms with Gasteiger partial charge in [0.05, 0.1) is 20.5 Å². The molecule has 0 saturated carbocycles. The third-order valence-corrected chi connectivity index (χ3v) is 3.09. The molecule has 1 N–H and O–H groups in total. The van der Waals surface area contributed by atoms with Crippen LogP contribution in [0.1, 0.15) is 11.1 Å². The number of benzene rings is 1. The highest BCUT2D eigenvalue weighted by Crippen LogP contribution is 2.26. The number of pyridine rings is 1. The molecule has 0 aliphatic carbocycles. The Kier molecular flexibility index (Phi) is 5.57. The summed E-state index contributed by atoms with van der Waals surface area (Å²) in [5.74, 6) is -0.219. The maximum absolute atomic E-state index is 11.4. The van der Waals surface area contributed by atoms with Crippen LogP contribution in [-0.4, -0.2) is 30.3 Å². The minimum absolute atomic E-state index is 0.0553. The SMILES string of the molecule is CO/C=C(/C(=O)O)c1ccccc1COc1ncccc1OC. The average molecular weight is 315 g/mol. The zero-order chi connectivity index (χ0) is 16.7. The summed E-state index contributed by atoms with van der Waals surface area (Å²) >= 11 is 0. The summed E-state index contributed by atoms with van der Waals surface area (Å²) in [5, 5.41) is 9.33. The van der Waals surface area contributed by atoms with Crippen molar-refractivity contribution in [2.75, 3.05) is 14.2 Å². The Balaban J connectivity index is 2.27. The van der Waals surface area contributed by atoms with E-state index >= 15 is 0 Å². The molecule has 6 nitrogen and oxygen atoms in total. The van der Waals surface area contributed by atoms with Crippen molar-refractivity contribution in [3.63, 3.8) is 0 Å². The van der Waals surface area contributed by atoms with Gasteiger partial charge in [-0.3, -0.25) is 0 Å². The molecule has 0 unspecified atom stereocenters. The molecule has 0 bridgehead atoms. The Bertz CT molecular complexity index is 712. The monoisotopic (exact) mass is 315 g/mol. The molecule has 0 spiro atoms. The minimum atomic E-state index is -1.07. The van der Waals surface area contributed by atoms with E-state index in [1.54, 1.807) is 36.5 Å². The number of carboxylic acid groups (broad SMARTS) is 1. The van der Waals surface area contributed by atoms with Crippen molar-refractivity contribution in [3.05, 3.63) is 60.0 Å². The first kappa shape index (κ1) is 16.4. The second kappa shape index (κ2) is 7.84. The number of hydrogen-bond acceptors (Lipinski definition) is 5. The predicted octanol–water partition coefficient (Wildman–Crippen LogP) is 2.74. The van der Waals surface area contributed by atoms with Crippen LogP contribution in [0.5, 0.6) is 11.6 Å². The molecule has 0 fully saturated rings. The highest BCUT2D eigenvalue weighted by Gasteiger charge is 2.15. The van der Waals surface area contributed by atoms with Gasteiger partial charge in [-0.05, 0) is 23.3 Å². The van der Waals surface area contributed by atoms with Gasteiger partial charge < -0.3 is 19.3 Å². The minimum Gasteiger partial charge on any atom is -0.503 e. The van der Waals surface area contributed by atoms with Gasteiger partial charge in [-0.1, -0.05) is 24.3 Å². The van der Waals surface area contributed by atoms with Crippen LogP contribution < -0.4 is 9.47 Å². The van der Waals surface area contributed by atoms with Crippen molar-refractivity contribution in [1.82, 2.24) is 4.98 Å². The number of carboxylic acids is 1. The Morgan fingerprint density at radius 2 is 2.00 bits per heavy atom. The fourth-order valence-corrected chi connectivity index (χ4v) is 2.04. The third-order valence-electron chi connectivity index (χ3n) is 3.09. The molecule has 0 atom stereocenters. The van der Waals surface area contributed by atoms with Gasteiger partial charge in [0.2, 0.25) is 0 Å². The van der Waals surface area contributed by atoms with E-state index in [-0.39, 0.29) is 12.2 Å². The lowest BCUT2D eigenvalue weighted by Gasteiger charge is -2.12. The van der Waals surface area contributed by atoms with E-state index in [1.165, 1.54) is 20.5 Å². The van der Waals surface area contributed by atoms with Crippen molar-refractivity contribution in [1.29, 1.82) is 0 Å². The fraction of sp³-hybridized carbons (Fsp3) is 0.176. The molecule has 0 amide bonds. The van der Waals surface area contributed by atoms with Crippen LogP contribution in [0.25, 0.3) is 5.57 Å². The largest absolute Gasteiger partial charge is 0.503 e. The van der Waals surface area contributed by atoms with Crippen LogP contribution in [0.2, 0.25) is 0 Å². The molecule has 120 valence electrons. The molecule has 0 saturated heterocycles. The van der Waals surface area contributed by atoms with Gasteiger partial charge in [0.1, 0.15) is 12.2 Å². The summed E-state index contributed by atoms with van der Waals surface area (Å²) in [6.07, 6.45) is 2.79. The van der Waals surface area contributed by atoms with E-state index in [0.29, 0.717) is 22.8 Å². The number of rotatable bonds is 7. The van der Waals surface area contributed by atoms with Gasteiger partial charge in [0.15, 0.2) is 5.75 Å². The van der Waals surface area contributed by atoms with E-state index in [4.69, 9.17) is 14.2 Å². The number of hydrogen-bond donors (Lipinski definition) is 1. The molecule has 6 heteroatoms. The van der Waals surface area contributed by atoms with Crippen LogP contribution >= 0.6 is 0 Å². The highest BCUT2D eigenvalue weighted by molar-refractivity contribution is 6.15. The maximum atomic E-state index is 11.4. The van der Waals surface area contributed by atoms with Crippen LogP contribution in [-0.2, 0) is 16.1 Å². The molecule has 0 radical (unpaired) electrons. The van der Waals surface area contributed by atoms with Crippen molar-refractivity contribution in [2.24, 2.45) is 0 Å². The third kappa shape index (κ3) is 4.00. The molecule has 1 aromatic carbocycles. The lowest BCUT2D eigenvalue weighted by molar-refractivity contribution is -0.130. The number of ether oxygens (including phenoxy) is 3. The van der Waals surface area contributed by atoms with E-state index < -0.39 is 5.97 Å². The molecule has 0 aliphatic rings. The first-order chi connectivity index (χ1) is 11.2. The Morgan fingerprint density at radius 3 is 2.70 bits per heavy atom. The first-order valence-corrected chi connectivity index (χ1v) is 6.83. The van der Waals surface area contributed by atoms with E-state index in [2.05, 4.69) is 4.98 Å². The molecule has 2 rings (SSSR count). The first-order valence-electron chi connectivity index (χ1n) is 6.83. The lowest BCUT2D eigenvalue weighted by atomic mass is 10.0. The second-order valence-corrected chi connectivity index (χ2v) is 4.53. The number of methoxy groups -OCH3 is 2. The molecular formula is C17H17NO5. The zero-order valence-electron chi connectivity index (χ0n) is 12.9. The number of carbonyl (C=O) groups is 1. The Hall–Kier alpha value is -3.02. The summed E-state index contributed by atoms with van der Waals surface area (Å²) in [7, 11) is 2.93. The fourth-order valence-electron chi connectivity index (χ4n) is 2.04.